The molecule has 1 aliphatic heterocycles. The Morgan fingerprint density at radius 3 is 2.64 bits per heavy atom. The molecule has 116 valence electrons. The number of anilines is 1. The van der Waals surface area contributed by atoms with Crippen LogP contribution in [0.2, 0.25) is 0 Å². The van der Waals surface area contributed by atoms with Gasteiger partial charge in [0.1, 0.15) is 0 Å². The first-order valence-corrected chi connectivity index (χ1v) is 7.27. The van der Waals surface area contributed by atoms with Gasteiger partial charge in [-0.15, -0.1) is 0 Å². The van der Waals surface area contributed by atoms with E-state index in [0.29, 0.717) is 13.2 Å². The Labute approximate surface area is 128 Å². The lowest BCUT2D eigenvalue weighted by molar-refractivity contribution is 0.0689. The molecule has 0 radical (unpaired) electrons. The van der Waals surface area contributed by atoms with Crippen LogP contribution in [-0.2, 0) is 11.8 Å². The standard InChI is InChI=1S/C16H19N3O3/c1-11-3-4-14(19-5-7-22-8-6-19)12(9-11)15-10-13(16(20)21)17-18(15)2/h3-4,9-10H,5-8H2,1-2H3,(H,20,21). The topological polar surface area (TPSA) is 67.6 Å². The number of carboxylic acids is 1. The summed E-state index contributed by atoms with van der Waals surface area (Å²) in [5, 5.41) is 13.2. The van der Waals surface area contributed by atoms with Crippen LogP contribution in [-0.4, -0.2) is 47.2 Å². The average molecular weight is 301 g/mol. The highest BCUT2D eigenvalue weighted by atomic mass is 16.5. The number of morpholine rings is 1. The van der Waals surface area contributed by atoms with Crippen molar-refractivity contribution in [3.63, 3.8) is 0 Å². The number of hydrogen-bond acceptors (Lipinski definition) is 4. The lowest BCUT2D eigenvalue weighted by Gasteiger charge is -2.30. The highest BCUT2D eigenvalue weighted by molar-refractivity contribution is 5.88. The number of benzene rings is 1. The maximum absolute atomic E-state index is 11.1. The van der Waals surface area contributed by atoms with Crippen LogP contribution in [0.4, 0.5) is 5.69 Å². The molecule has 1 N–H and O–H groups in total. The van der Waals surface area contributed by atoms with Crippen molar-refractivity contribution in [2.24, 2.45) is 7.05 Å². The van der Waals surface area contributed by atoms with Gasteiger partial charge >= 0.3 is 5.97 Å². The van der Waals surface area contributed by atoms with E-state index in [9.17, 15) is 4.79 Å². The van der Waals surface area contributed by atoms with Crippen molar-refractivity contribution in [2.45, 2.75) is 6.92 Å². The second kappa shape index (κ2) is 5.81. The van der Waals surface area contributed by atoms with Crippen LogP contribution in [0.25, 0.3) is 11.3 Å². The predicted molar refractivity (Wildman–Crippen MR) is 83.4 cm³/mol. The molecule has 0 aliphatic carbocycles. The molecule has 1 aliphatic rings. The van der Waals surface area contributed by atoms with Crippen molar-refractivity contribution in [2.75, 3.05) is 31.2 Å². The maximum Gasteiger partial charge on any atom is 0.356 e. The fraction of sp³-hybridized carbons (Fsp3) is 0.375. The monoisotopic (exact) mass is 301 g/mol. The molecule has 1 aromatic carbocycles. The lowest BCUT2D eigenvalue weighted by Crippen LogP contribution is -2.36. The molecule has 0 atom stereocenters. The number of aromatic carboxylic acids is 1. The molecule has 0 bridgehead atoms. The molecule has 3 rings (SSSR count). The molecular formula is C16H19N3O3. The Kier molecular flexibility index (Phi) is 3.85. The van der Waals surface area contributed by atoms with Crippen molar-refractivity contribution < 1.29 is 14.6 Å². The Balaban J connectivity index is 2.09. The van der Waals surface area contributed by atoms with Crippen molar-refractivity contribution in [3.8, 4) is 11.3 Å². The van der Waals surface area contributed by atoms with Crippen LogP contribution in [0.5, 0.6) is 0 Å². The summed E-state index contributed by atoms with van der Waals surface area (Å²) in [5.74, 6) is -1.01. The first-order chi connectivity index (χ1) is 10.6. The molecule has 2 heterocycles. The van der Waals surface area contributed by atoms with Gasteiger partial charge in [-0.25, -0.2) is 4.79 Å². The van der Waals surface area contributed by atoms with Crippen molar-refractivity contribution in [1.29, 1.82) is 0 Å². The summed E-state index contributed by atoms with van der Waals surface area (Å²) in [5.41, 5.74) is 4.10. The first kappa shape index (κ1) is 14.6. The Bertz CT molecular complexity index is 703. The van der Waals surface area contributed by atoms with E-state index in [-0.39, 0.29) is 5.69 Å². The molecule has 0 spiro atoms. The number of ether oxygens (including phenoxy) is 1. The Morgan fingerprint density at radius 1 is 1.27 bits per heavy atom. The van der Waals surface area contributed by atoms with Gasteiger partial charge < -0.3 is 14.7 Å². The zero-order valence-corrected chi connectivity index (χ0v) is 12.7. The Morgan fingerprint density at radius 2 is 2.00 bits per heavy atom. The minimum absolute atomic E-state index is 0.0620. The molecule has 1 saturated heterocycles. The number of rotatable bonds is 3. The quantitative estimate of drug-likeness (QED) is 0.938. The Hall–Kier alpha value is -2.34. The summed E-state index contributed by atoms with van der Waals surface area (Å²) in [6, 6.07) is 7.86. The number of carboxylic acid groups (broad SMARTS) is 1. The molecule has 0 unspecified atom stereocenters. The number of aromatic nitrogens is 2. The smallest absolute Gasteiger partial charge is 0.356 e. The molecule has 0 amide bonds. The highest BCUT2D eigenvalue weighted by Crippen LogP contribution is 2.32. The molecule has 2 aromatic rings. The number of aryl methyl sites for hydroxylation is 2. The third kappa shape index (κ3) is 2.69. The molecule has 6 heteroatoms. The highest BCUT2D eigenvalue weighted by Gasteiger charge is 2.19. The van der Waals surface area contributed by atoms with Gasteiger partial charge in [-0.1, -0.05) is 11.6 Å². The first-order valence-electron chi connectivity index (χ1n) is 7.27. The molecular weight excluding hydrogens is 282 g/mol. The van der Waals surface area contributed by atoms with Gasteiger partial charge in [-0.05, 0) is 25.1 Å². The second-order valence-corrected chi connectivity index (χ2v) is 5.46. The summed E-state index contributed by atoms with van der Waals surface area (Å²) >= 11 is 0. The van der Waals surface area contributed by atoms with E-state index < -0.39 is 5.97 Å². The maximum atomic E-state index is 11.1. The summed E-state index contributed by atoms with van der Waals surface area (Å²) in [7, 11) is 1.77. The van der Waals surface area contributed by atoms with Gasteiger partial charge in [0.15, 0.2) is 5.69 Å². The van der Waals surface area contributed by atoms with Crippen LogP contribution in [0.15, 0.2) is 24.3 Å². The third-order valence-corrected chi connectivity index (χ3v) is 3.88. The SMILES string of the molecule is Cc1ccc(N2CCOCC2)c(-c2cc(C(=O)O)nn2C)c1. The molecule has 1 aromatic heterocycles. The van der Waals surface area contributed by atoms with Crippen molar-refractivity contribution in [3.05, 3.63) is 35.5 Å². The number of nitrogens with zero attached hydrogens (tertiary/aromatic N) is 3. The summed E-state index contributed by atoms with van der Waals surface area (Å²) < 4.78 is 7.04. The summed E-state index contributed by atoms with van der Waals surface area (Å²) in [6.07, 6.45) is 0. The van der Waals surface area contributed by atoms with E-state index in [2.05, 4.69) is 28.2 Å². The minimum Gasteiger partial charge on any atom is -0.476 e. The number of carbonyl (C=O) groups is 1. The molecule has 6 nitrogen and oxygen atoms in total. The van der Waals surface area contributed by atoms with Crippen LogP contribution < -0.4 is 4.90 Å². The fourth-order valence-electron chi connectivity index (χ4n) is 2.76. The van der Waals surface area contributed by atoms with Crippen LogP contribution in [0.3, 0.4) is 0 Å². The largest absolute Gasteiger partial charge is 0.476 e. The van der Waals surface area contributed by atoms with Gasteiger partial charge in [0.05, 0.1) is 18.9 Å². The van der Waals surface area contributed by atoms with E-state index in [1.807, 2.05) is 6.92 Å². The van der Waals surface area contributed by atoms with Crippen LogP contribution >= 0.6 is 0 Å². The van der Waals surface area contributed by atoms with E-state index in [4.69, 9.17) is 9.84 Å². The normalized spacial score (nSPS) is 15.1. The van der Waals surface area contributed by atoms with Gasteiger partial charge in [-0.2, -0.15) is 5.10 Å². The summed E-state index contributed by atoms with van der Waals surface area (Å²) in [6.45, 7) is 5.11. The van der Waals surface area contributed by atoms with Crippen LogP contribution in [0, 0.1) is 6.92 Å². The predicted octanol–water partition coefficient (Wildman–Crippen LogP) is 1.93. The van der Waals surface area contributed by atoms with E-state index in [1.54, 1.807) is 17.8 Å². The van der Waals surface area contributed by atoms with Crippen molar-refractivity contribution >= 4 is 11.7 Å². The number of hydrogen-bond donors (Lipinski definition) is 1. The molecule has 0 saturated carbocycles. The summed E-state index contributed by atoms with van der Waals surface area (Å²) in [4.78, 5) is 13.4. The third-order valence-electron chi connectivity index (χ3n) is 3.88. The van der Waals surface area contributed by atoms with Crippen molar-refractivity contribution in [1.82, 2.24) is 9.78 Å². The zero-order valence-electron chi connectivity index (χ0n) is 12.7. The minimum atomic E-state index is -1.01. The van der Waals surface area contributed by atoms with E-state index in [1.165, 1.54) is 0 Å². The van der Waals surface area contributed by atoms with E-state index >= 15 is 0 Å². The fourth-order valence-corrected chi connectivity index (χ4v) is 2.76. The van der Waals surface area contributed by atoms with Gasteiger partial charge in [0.25, 0.3) is 0 Å². The van der Waals surface area contributed by atoms with Gasteiger partial charge in [0, 0.05) is 31.4 Å². The van der Waals surface area contributed by atoms with Crippen LogP contribution in [0.1, 0.15) is 16.1 Å². The molecule has 22 heavy (non-hydrogen) atoms. The average Bonchev–Trinajstić information content (AvgIpc) is 2.90. The zero-order chi connectivity index (χ0) is 15.7. The van der Waals surface area contributed by atoms with Gasteiger partial charge in [0.2, 0.25) is 0 Å². The van der Waals surface area contributed by atoms with Gasteiger partial charge in [-0.3, -0.25) is 4.68 Å². The lowest BCUT2D eigenvalue weighted by atomic mass is 10.0. The molecule has 1 fully saturated rings. The second-order valence-electron chi connectivity index (χ2n) is 5.46. The van der Waals surface area contributed by atoms with E-state index in [0.717, 1.165) is 35.6 Å².